The van der Waals surface area contributed by atoms with Gasteiger partial charge in [-0.1, -0.05) is 6.07 Å². The molecule has 1 aromatic carbocycles. The Bertz CT molecular complexity index is 588. The second-order valence-corrected chi connectivity index (χ2v) is 6.04. The topological polar surface area (TPSA) is 43.8 Å². The molecule has 0 fully saturated rings. The zero-order valence-electron chi connectivity index (χ0n) is 10.5. The molecule has 0 amide bonds. The van der Waals surface area contributed by atoms with Gasteiger partial charge in [0.2, 0.25) is 0 Å². The highest BCUT2D eigenvalue weighted by atomic mass is 79.9. The minimum absolute atomic E-state index is 0.0301. The van der Waals surface area contributed by atoms with Gasteiger partial charge in [-0.3, -0.25) is 0 Å². The predicted octanol–water partition coefficient (Wildman–Crippen LogP) is 4.03. The molecule has 2 aromatic rings. The highest BCUT2D eigenvalue weighted by molar-refractivity contribution is 9.11. The molecule has 0 saturated carbocycles. The fourth-order valence-corrected chi connectivity index (χ4v) is 2.65. The zero-order chi connectivity index (χ0) is 13.4. The molecular formula is C13H15Br2N3. The van der Waals surface area contributed by atoms with Crippen LogP contribution in [0.25, 0.3) is 5.69 Å². The summed E-state index contributed by atoms with van der Waals surface area (Å²) in [4.78, 5) is 0. The molecule has 0 spiro atoms. The summed E-state index contributed by atoms with van der Waals surface area (Å²) in [6.07, 6.45) is 0. The van der Waals surface area contributed by atoms with Crippen LogP contribution < -0.4 is 5.73 Å². The van der Waals surface area contributed by atoms with Gasteiger partial charge in [-0.25, -0.2) is 4.68 Å². The van der Waals surface area contributed by atoms with Crippen molar-refractivity contribution >= 4 is 31.9 Å². The van der Waals surface area contributed by atoms with Gasteiger partial charge in [0.1, 0.15) is 0 Å². The Morgan fingerprint density at radius 3 is 2.39 bits per heavy atom. The molecule has 0 unspecified atom stereocenters. The van der Waals surface area contributed by atoms with Crippen LogP contribution in [0.5, 0.6) is 0 Å². The van der Waals surface area contributed by atoms with E-state index in [2.05, 4.69) is 37.0 Å². The third-order valence-corrected chi connectivity index (χ3v) is 4.71. The highest BCUT2D eigenvalue weighted by Gasteiger charge is 2.13. The molecule has 1 aromatic heterocycles. The molecule has 0 bridgehead atoms. The number of rotatable bonds is 2. The molecule has 3 nitrogen and oxygen atoms in total. The zero-order valence-corrected chi connectivity index (χ0v) is 13.7. The molecule has 18 heavy (non-hydrogen) atoms. The first kappa shape index (κ1) is 13.8. The number of halogens is 2. The van der Waals surface area contributed by atoms with Gasteiger partial charge in [0.15, 0.2) is 0 Å². The van der Waals surface area contributed by atoms with E-state index in [0.29, 0.717) is 0 Å². The maximum absolute atomic E-state index is 5.88. The summed E-state index contributed by atoms with van der Waals surface area (Å²) >= 11 is 7.13. The first-order valence-electron chi connectivity index (χ1n) is 5.69. The van der Waals surface area contributed by atoms with Crippen LogP contribution in [0.1, 0.15) is 29.9 Å². The molecule has 2 N–H and O–H groups in total. The van der Waals surface area contributed by atoms with Crippen LogP contribution in [0, 0.1) is 13.8 Å². The summed E-state index contributed by atoms with van der Waals surface area (Å²) in [5.41, 5.74) is 10.1. The smallest absolute Gasteiger partial charge is 0.0791 e. The Hall–Kier alpha value is -0.650. The second kappa shape index (κ2) is 5.15. The van der Waals surface area contributed by atoms with Crippen LogP contribution in [0.3, 0.4) is 0 Å². The maximum atomic E-state index is 5.88. The number of aryl methyl sites for hydroxylation is 1. The van der Waals surface area contributed by atoms with E-state index >= 15 is 0 Å². The molecule has 0 saturated heterocycles. The summed E-state index contributed by atoms with van der Waals surface area (Å²) < 4.78 is 3.97. The summed E-state index contributed by atoms with van der Waals surface area (Å²) in [6.45, 7) is 6.00. The first-order chi connectivity index (χ1) is 8.41. The molecule has 0 radical (unpaired) electrons. The second-order valence-electron chi connectivity index (χ2n) is 4.40. The van der Waals surface area contributed by atoms with Crippen molar-refractivity contribution in [3.05, 3.63) is 44.1 Å². The van der Waals surface area contributed by atoms with E-state index in [1.807, 2.05) is 43.7 Å². The number of hydrogen-bond acceptors (Lipinski definition) is 2. The normalized spacial score (nSPS) is 12.8. The first-order valence-corrected chi connectivity index (χ1v) is 7.27. The molecular weight excluding hydrogens is 358 g/mol. The Morgan fingerprint density at radius 1 is 1.28 bits per heavy atom. The number of nitrogens with zero attached hydrogens (tertiary/aromatic N) is 2. The summed E-state index contributed by atoms with van der Waals surface area (Å²) in [6, 6.07) is 6.15. The van der Waals surface area contributed by atoms with Crippen molar-refractivity contribution in [2.45, 2.75) is 26.8 Å². The van der Waals surface area contributed by atoms with E-state index in [-0.39, 0.29) is 6.04 Å². The molecule has 1 heterocycles. The largest absolute Gasteiger partial charge is 0.324 e. The molecule has 0 aliphatic rings. The molecule has 96 valence electrons. The van der Waals surface area contributed by atoms with E-state index in [1.54, 1.807) is 0 Å². The average Bonchev–Trinajstić information content (AvgIpc) is 2.57. The Morgan fingerprint density at radius 2 is 1.94 bits per heavy atom. The van der Waals surface area contributed by atoms with Crippen LogP contribution >= 0.6 is 31.9 Å². The minimum atomic E-state index is 0.0301. The molecule has 1 atom stereocenters. The molecule has 0 aliphatic carbocycles. The maximum Gasteiger partial charge on any atom is 0.0791 e. The van der Waals surface area contributed by atoms with Crippen molar-refractivity contribution in [1.29, 1.82) is 0 Å². The average molecular weight is 373 g/mol. The Balaban J connectivity index is 2.54. The number of benzene rings is 1. The van der Waals surface area contributed by atoms with Gasteiger partial charge in [0, 0.05) is 10.5 Å². The highest BCUT2D eigenvalue weighted by Crippen LogP contribution is 2.28. The van der Waals surface area contributed by atoms with E-state index in [9.17, 15) is 0 Å². The van der Waals surface area contributed by atoms with Gasteiger partial charge < -0.3 is 5.73 Å². The van der Waals surface area contributed by atoms with E-state index in [0.717, 1.165) is 31.6 Å². The molecule has 2 rings (SSSR count). The quantitative estimate of drug-likeness (QED) is 0.864. The SMILES string of the molecule is Cc1nn(-c2ccc([C@@H](C)N)cc2Br)c(C)c1Br. The number of aromatic nitrogens is 2. The van der Waals surface area contributed by atoms with Gasteiger partial charge in [-0.15, -0.1) is 0 Å². The van der Waals surface area contributed by atoms with Gasteiger partial charge in [0.25, 0.3) is 0 Å². The lowest BCUT2D eigenvalue weighted by molar-refractivity contribution is 0.805. The van der Waals surface area contributed by atoms with Gasteiger partial charge >= 0.3 is 0 Å². The van der Waals surface area contributed by atoms with Crippen LogP contribution in [-0.2, 0) is 0 Å². The van der Waals surface area contributed by atoms with Gasteiger partial charge in [0.05, 0.1) is 21.5 Å². The van der Waals surface area contributed by atoms with Crippen molar-refractivity contribution in [2.24, 2.45) is 5.73 Å². The summed E-state index contributed by atoms with van der Waals surface area (Å²) in [7, 11) is 0. The predicted molar refractivity (Wildman–Crippen MR) is 81.0 cm³/mol. The fourth-order valence-electron chi connectivity index (χ4n) is 1.84. The van der Waals surface area contributed by atoms with Crippen molar-refractivity contribution in [3.8, 4) is 5.69 Å². The number of nitrogens with two attached hydrogens (primary N) is 1. The lowest BCUT2D eigenvalue weighted by Crippen LogP contribution is -2.06. The third kappa shape index (κ3) is 2.39. The van der Waals surface area contributed by atoms with Crippen molar-refractivity contribution in [2.75, 3.05) is 0 Å². The number of hydrogen-bond donors (Lipinski definition) is 1. The van der Waals surface area contributed by atoms with Crippen LogP contribution in [0.15, 0.2) is 27.1 Å². The van der Waals surface area contributed by atoms with Gasteiger partial charge in [-0.05, 0) is 70.3 Å². The minimum Gasteiger partial charge on any atom is -0.324 e. The van der Waals surface area contributed by atoms with Gasteiger partial charge in [-0.2, -0.15) is 5.10 Å². The Labute approximate surface area is 124 Å². The van der Waals surface area contributed by atoms with E-state index < -0.39 is 0 Å². The summed E-state index contributed by atoms with van der Waals surface area (Å²) in [5, 5.41) is 4.52. The van der Waals surface area contributed by atoms with Crippen LogP contribution in [-0.4, -0.2) is 9.78 Å². The Kier molecular flexibility index (Phi) is 3.94. The standard InChI is InChI=1S/C13H15Br2N3/c1-7(16)10-4-5-12(11(14)6-10)18-9(3)13(15)8(2)17-18/h4-7H,16H2,1-3H3/t7-/m1/s1. The van der Waals surface area contributed by atoms with Crippen molar-refractivity contribution < 1.29 is 0 Å². The third-order valence-electron chi connectivity index (χ3n) is 2.93. The van der Waals surface area contributed by atoms with Crippen molar-refractivity contribution in [1.82, 2.24) is 9.78 Å². The van der Waals surface area contributed by atoms with Crippen LogP contribution in [0.4, 0.5) is 0 Å². The van der Waals surface area contributed by atoms with E-state index in [1.165, 1.54) is 0 Å². The fraction of sp³-hybridized carbons (Fsp3) is 0.308. The lowest BCUT2D eigenvalue weighted by atomic mass is 10.1. The summed E-state index contributed by atoms with van der Waals surface area (Å²) in [5.74, 6) is 0. The lowest BCUT2D eigenvalue weighted by Gasteiger charge is -2.11. The molecule has 5 heteroatoms. The monoisotopic (exact) mass is 371 g/mol. The van der Waals surface area contributed by atoms with Crippen molar-refractivity contribution in [3.63, 3.8) is 0 Å². The molecule has 0 aliphatic heterocycles. The van der Waals surface area contributed by atoms with E-state index in [4.69, 9.17) is 5.73 Å². The van der Waals surface area contributed by atoms with Crippen LogP contribution in [0.2, 0.25) is 0 Å².